The number of hydrogen-bond donors (Lipinski definition) is 0. The molecule has 0 amide bonds. The molecule has 0 N–H and O–H groups in total. The van der Waals surface area contributed by atoms with Crippen molar-refractivity contribution in [2.75, 3.05) is 0 Å². The van der Waals surface area contributed by atoms with Crippen molar-refractivity contribution in [2.45, 2.75) is 74.7 Å². The van der Waals surface area contributed by atoms with E-state index in [9.17, 15) is 0 Å². The first-order chi connectivity index (χ1) is 9.40. The van der Waals surface area contributed by atoms with E-state index >= 15 is 0 Å². The Kier molecular flexibility index (Phi) is 14.1. The summed E-state index contributed by atoms with van der Waals surface area (Å²) in [5, 5.41) is 0. The van der Waals surface area contributed by atoms with Crippen LogP contribution in [0.2, 0.25) is 0 Å². The Labute approximate surface area is 128 Å². The Balaban J connectivity index is 0. The van der Waals surface area contributed by atoms with Gasteiger partial charge >= 0.3 is 0 Å². The van der Waals surface area contributed by atoms with E-state index in [1.165, 1.54) is 19.3 Å². The minimum atomic E-state index is 0.844. The topological polar surface area (TPSA) is 12.4 Å². The second-order valence-corrected chi connectivity index (χ2v) is 5.75. The molecule has 1 heteroatoms. The van der Waals surface area contributed by atoms with Crippen molar-refractivity contribution < 1.29 is 0 Å². The van der Waals surface area contributed by atoms with E-state index < -0.39 is 0 Å². The minimum Gasteiger partial charge on any atom is -0.262 e. The summed E-state index contributed by atoms with van der Waals surface area (Å²) in [5.41, 5.74) is 2.01. The van der Waals surface area contributed by atoms with Gasteiger partial charge in [0.25, 0.3) is 0 Å². The molecule has 0 aromatic carbocycles. The Morgan fingerprint density at radius 2 is 1.75 bits per heavy atom. The molecule has 1 fully saturated rings. The predicted molar refractivity (Wildman–Crippen MR) is 95.4 cm³/mol. The molecule has 0 radical (unpaired) electrons. The molecule has 1 aliphatic carbocycles. The second-order valence-electron chi connectivity index (χ2n) is 5.75. The molecule has 0 bridgehead atoms. The van der Waals surface area contributed by atoms with Gasteiger partial charge in [0.1, 0.15) is 0 Å². The maximum Gasteiger partial charge on any atom is 0.0301 e. The van der Waals surface area contributed by atoms with Crippen LogP contribution in [0.3, 0.4) is 0 Å². The molecular formula is C19H37N. The largest absolute Gasteiger partial charge is 0.262 e. The monoisotopic (exact) mass is 279 g/mol. The average molecular weight is 280 g/mol. The van der Waals surface area contributed by atoms with Gasteiger partial charge in [-0.3, -0.25) is 4.99 Å². The van der Waals surface area contributed by atoms with E-state index in [1.54, 1.807) is 0 Å². The van der Waals surface area contributed by atoms with E-state index in [0.29, 0.717) is 0 Å². The highest BCUT2D eigenvalue weighted by Gasteiger charge is 2.26. The minimum absolute atomic E-state index is 0.844. The van der Waals surface area contributed by atoms with Crippen molar-refractivity contribution in [2.24, 2.45) is 22.7 Å². The van der Waals surface area contributed by atoms with E-state index in [1.807, 2.05) is 46.9 Å². The molecule has 0 aromatic heterocycles. The summed E-state index contributed by atoms with van der Waals surface area (Å²) in [4.78, 5) is 4.01. The van der Waals surface area contributed by atoms with Crippen LogP contribution in [0.15, 0.2) is 28.9 Å². The van der Waals surface area contributed by atoms with E-state index in [4.69, 9.17) is 0 Å². The van der Waals surface area contributed by atoms with Gasteiger partial charge < -0.3 is 0 Å². The Hall–Kier alpha value is -0.850. The van der Waals surface area contributed by atoms with Crippen molar-refractivity contribution in [1.82, 2.24) is 0 Å². The van der Waals surface area contributed by atoms with Crippen molar-refractivity contribution >= 4 is 6.21 Å². The number of hydrogen-bond acceptors (Lipinski definition) is 1. The first-order valence-corrected chi connectivity index (χ1v) is 8.23. The molecule has 1 nitrogen and oxygen atoms in total. The third kappa shape index (κ3) is 11.0. The number of aliphatic imine (C=N–C) groups is 1. The number of allylic oxidation sites excluding steroid dienone is 3. The fraction of sp³-hybridized carbons (Fsp3) is 0.737. The molecule has 0 aromatic rings. The van der Waals surface area contributed by atoms with Gasteiger partial charge in [0.15, 0.2) is 0 Å². The zero-order valence-electron chi connectivity index (χ0n) is 15.2. The molecule has 0 saturated heterocycles. The van der Waals surface area contributed by atoms with Gasteiger partial charge in [0.05, 0.1) is 0 Å². The van der Waals surface area contributed by atoms with Gasteiger partial charge in [-0.15, -0.1) is 0 Å². The first kappa shape index (κ1) is 21.4. The van der Waals surface area contributed by atoms with Gasteiger partial charge in [-0.2, -0.15) is 0 Å². The summed E-state index contributed by atoms with van der Waals surface area (Å²) in [6.07, 6.45) is 8.16. The molecule has 3 atom stereocenters. The van der Waals surface area contributed by atoms with Gasteiger partial charge in [-0.25, -0.2) is 0 Å². The van der Waals surface area contributed by atoms with Gasteiger partial charge in [-0.1, -0.05) is 53.7 Å². The third-order valence-electron chi connectivity index (χ3n) is 3.75. The second kappa shape index (κ2) is 13.1. The zero-order valence-corrected chi connectivity index (χ0v) is 15.2. The molecule has 1 saturated carbocycles. The highest BCUT2D eigenvalue weighted by molar-refractivity contribution is 5.78. The molecule has 20 heavy (non-hydrogen) atoms. The smallest absolute Gasteiger partial charge is 0.0301 e. The normalized spacial score (nSPS) is 25.6. The van der Waals surface area contributed by atoms with Gasteiger partial charge in [-0.05, 0) is 56.9 Å². The average Bonchev–Trinajstić information content (AvgIpc) is 2.77. The standard InChI is InChI=1S/C9H18.C8H13N.C2H6/c1-4-9-6-7(2)5-8(9)3;1-5-8(4)6-9-7(2)3;1-2/h7-9H,4-6H2,1-3H3;5-6H,2H2,1,3-4H3;1-2H3/b;8-5-,9-6?;/t7?,8-,9?;;/m0../s1. The molecule has 0 spiro atoms. The lowest BCUT2D eigenvalue weighted by molar-refractivity contribution is 0.406. The Morgan fingerprint density at radius 1 is 1.20 bits per heavy atom. The number of nitrogens with zero attached hydrogens (tertiary/aromatic N) is 1. The van der Waals surface area contributed by atoms with Crippen LogP contribution in [0.4, 0.5) is 0 Å². The Morgan fingerprint density at radius 3 is 2.00 bits per heavy atom. The van der Waals surface area contributed by atoms with Crippen LogP contribution in [-0.2, 0) is 0 Å². The fourth-order valence-corrected chi connectivity index (χ4v) is 2.53. The molecular weight excluding hydrogens is 242 g/mol. The van der Waals surface area contributed by atoms with Crippen LogP contribution in [0, 0.1) is 17.8 Å². The first-order valence-electron chi connectivity index (χ1n) is 8.23. The lowest BCUT2D eigenvalue weighted by Gasteiger charge is -2.10. The molecule has 1 rings (SSSR count). The van der Waals surface area contributed by atoms with Crippen LogP contribution >= 0.6 is 0 Å². The molecule has 118 valence electrons. The molecule has 0 aliphatic heterocycles. The van der Waals surface area contributed by atoms with Crippen LogP contribution in [0.5, 0.6) is 0 Å². The fourth-order valence-electron chi connectivity index (χ4n) is 2.53. The van der Waals surface area contributed by atoms with Crippen LogP contribution in [0.1, 0.15) is 74.7 Å². The summed E-state index contributed by atoms with van der Waals surface area (Å²) in [7, 11) is 0. The van der Waals surface area contributed by atoms with Crippen LogP contribution < -0.4 is 0 Å². The lowest BCUT2D eigenvalue weighted by atomic mass is 9.96. The van der Waals surface area contributed by atoms with Crippen molar-refractivity contribution in [3.05, 3.63) is 23.9 Å². The van der Waals surface area contributed by atoms with E-state index in [0.717, 1.165) is 29.0 Å². The summed E-state index contributed by atoms with van der Waals surface area (Å²) in [6, 6.07) is 0. The lowest BCUT2D eigenvalue weighted by Crippen LogP contribution is -2.00. The maximum absolute atomic E-state index is 4.01. The third-order valence-corrected chi connectivity index (χ3v) is 3.75. The van der Waals surface area contributed by atoms with Crippen LogP contribution in [-0.4, -0.2) is 6.21 Å². The van der Waals surface area contributed by atoms with Crippen molar-refractivity contribution in [1.29, 1.82) is 0 Å². The predicted octanol–water partition coefficient (Wildman–Crippen LogP) is 6.66. The summed E-state index contributed by atoms with van der Waals surface area (Å²) in [6.45, 7) is 20.6. The van der Waals surface area contributed by atoms with Crippen LogP contribution in [0.25, 0.3) is 0 Å². The summed E-state index contributed by atoms with van der Waals surface area (Å²) >= 11 is 0. The van der Waals surface area contributed by atoms with Crippen molar-refractivity contribution in [3.63, 3.8) is 0 Å². The SMILES string of the molecule is C=C(C)N=C/C(C)=C\C.CC.CCC1CC(C)C[C@@H]1C. The molecule has 1 aliphatic rings. The van der Waals surface area contributed by atoms with Gasteiger partial charge in [0.2, 0.25) is 0 Å². The van der Waals surface area contributed by atoms with E-state index in [-0.39, 0.29) is 0 Å². The quantitative estimate of drug-likeness (QED) is 0.512. The Bertz CT molecular complexity index is 299. The molecule has 0 heterocycles. The zero-order chi connectivity index (χ0) is 16.1. The molecule has 2 unspecified atom stereocenters. The highest BCUT2D eigenvalue weighted by atomic mass is 14.7. The summed E-state index contributed by atoms with van der Waals surface area (Å²) < 4.78 is 0. The number of rotatable bonds is 3. The highest BCUT2D eigenvalue weighted by Crippen LogP contribution is 2.37. The van der Waals surface area contributed by atoms with Gasteiger partial charge in [0, 0.05) is 11.9 Å². The summed E-state index contributed by atoms with van der Waals surface area (Å²) in [5.74, 6) is 3.05. The van der Waals surface area contributed by atoms with E-state index in [2.05, 4.69) is 32.3 Å². The maximum atomic E-state index is 4.01. The van der Waals surface area contributed by atoms with Crippen molar-refractivity contribution in [3.8, 4) is 0 Å².